The summed E-state index contributed by atoms with van der Waals surface area (Å²) in [6.07, 6.45) is 1.80. The lowest BCUT2D eigenvalue weighted by Gasteiger charge is -2.09. The van der Waals surface area contributed by atoms with Crippen molar-refractivity contribution in [1.82, 2.24) is 5.32 Å². The van der Waals surface area contributed by atoms with Crippen molar-refractivity contribution in [3.05, 3.63) is 59.0 Å². The number of carbonyl (C=O) groups is 1. The van der Waals surface area contributed by atoms with Gasteiger partial charge in [0.25, 0.3) is 5.91 Å². The van der Waals surface area contributed by atoms with Crippen LogP contribution in [0.3, 0.4) is 0 Å². The van der Waals surface area contributed by atoms with Crippen LogP contribution in [0.5, 0.6) is 17.2 Å². The van der Waals surface area contributed by atoms with Crippen LogP contribution in [0.25, 0.3) is 6.08 Å². The molecule has 0 unspecified atom stereocenters. The first kappa shape index (κ1) is 18.3. The first-order valence-corrected chi connectivity index (χ1v) is 9.11. The van der Waals surface area contributed by atoms with E-state index in [-0.39, 0.29) is 5.91 Å². The average molecular weight is 387 g/mol. The Morgan fingerprint density at radius 1 is 0.962 bits per heavy atom. The van der Waals surface area contributed by atoms with Crippen molar-refractivity contribution < 1.29 is 19.0 Å². The number of hydrogen-bond acceptors (Lipinski definition) is 6. The summed E-state index contributed by atoms with van der Waals surface area (Å²) in [5.41, 5.74) is 0.911. The van der Waals surface area contributed by atoms with Gasteiger partial charge in [0.05, 0.1) is 12.0 Å². The fourth-order valence-electron chi connectivity index (χ4n) is 2.22. The summed E-state index contributed by atoms with van der Waals surface area (Å²) in [6.45, 7) is 0.866. The zero-order valence-corrected chi connectivity index (χ0v) is 15.7. The summed E-state index contributed by atoms with van der Waals surface area (Å²) >= 11 is 6.24. The molecule has 0 saturated carbocycles. The summed E-state index contributed by atoms with van der Waals surface area (Å²) in [5.74, 6) is 2.14. The highest BCUT2D eigenvalue weighted by atomic mass is 32.2. The number of nitrogens with one attached hydrogen (secondary N) is 1. The lowest BCUT2D eigenvalue weighted by Crippen LogP contribution is -2.17. The van der Waals surface area contributed by atoms with E-state index in [2.05, 4.69) is 5.32 Å². The molecule has 0 bridgehead atoms. The minimum Gasteiger partial charge on any atom is -0.497 e. The minimum absolute atomic E-state index is 0.156. The lowest BCUT2D eigenvalue weighted by molar-refractivity contribution is -0.115. The number of carbonyl (C=O) groups excluding carboxylic acids is 1. The maximum Gasteiger partial charge on any atom is 0.263 e. The highest BCUT2D eigenvalue weighted by Gasteiger charge is 2.21. The fourth-order valence-corrected chi connectivity index (χ4v) is 3.27. The van der Waals surface area contributed by atoms with Gasteiger partial charge in [-0.05, 0) is 48.0 Å². The summed E-state index contributed by atoms with van der Waals surface area (Å²) in [5, 5.41) is 2.59. The summed E-state index contributed by atoms with van der Waals surface area (Å²) in [6, 6.07) is 14.9. The van der Waals surface area contributed by atoms with Crippen LogP contribution < -0.4 is 19.5 Å². The Bertz CT molecular complexity index is 816. The first-order valence-electron chi connectivity index (χ1n) is 7.88. The van der Waals surface area contributed by atoms with E-state index in [1.807, 2.05) is 48.5 Å². The molecule has 1 fully saturated rings. The number of rotatable bonds is 7. The second-order valence-corrected chi connectivity index (χ2v) is 7.01. The van der Waals surface area contributed by atoms with Crippen LogP contribution in [0, 0.1) is 0 Å². The Balaban J connectivity index is 1.46. The number of ether oxygens (including phenoxy) is 3. The Hall–Kier alpha value is -2.51. The second-order valence-electron chi connectivity index (χ2n) is 5.29. The van der Waals surface area contributed by atoms with Gasteiger partial charge in [-0.3, -0.25) is 4.79 Å². The van der Waals surface area contributed by atoms with Crippen LogP contribution in [0.1, 0.15) is 5.56 Å². The molecule has 7 heteroatoms. The molecule has 5 nitrogen and oxygen atoms in total. The van der Waals surface area contributed by atoms with Gasteiger partial charge in [0.1, 0.15) is 34.8 Å². The van der Waals surface area contributed by atoms with Crippen molar-refractivity contribution in [3.8, 4) is 17.2 Å². The molecule has 1 heterocycles. The van der Waals surface area contributed by atoms with E-state index in [1.165, 1.54) is 11.8 Å². The van der Waals surface area contributed by atoms with E-state index in [0.29, 0.717) is 22.4 Å². The predicted molar refractivity (Wildman–Crippen MR) is 107 cm³/mol. The van der Waals surface area contributed by atoms with Gasteiger partial charge in [-0.1, -0.05) is 36.1 Å². The van der Waals surface area contributed by atoms with Crippen LogP contribution in [-0.2, 0) is 4.79 Å². The van der Waals surface area contributed by atoms with E-state index >= 15 is 0 Å². The first-order chi connectivity index (χ1) is 12.6. The summed E-state index contributed by atoms with van der Waals surface area (Å²) in [4.78, 5) is 12.2. The molecule has 26 heavy (non-hydrogen) atoms. The highest BCUT2D eigenvalue weighted by Crippen LogP contribution is 2.26. The average Bonchev–Trinajstić information content (AvgIpc) is 2.97. The van der Waals surface area contributed by atoms with Gasteiger partial charge in [0, 0.05) is 0 Å². The lowest BCUT2D eigenvalue weighted by atomic mass is 10.2. The SMILES string of the molecule is COc1ccc(OCCOc2ccc(/C=C3/SC(=S)NC3=O)cc2)cc1. The summed E-state index contributed by atoms with van der Waals surface area (Å²) < 4.78 is 16.9. The van der Waals surface area contributed by atoms with Crippen molar-refractivity contribution in [3.63, 3.8) is 0 Å². The molecule has 1 saturated heterocycles. The van der Waals surface area contributed by atoms with Gasteiger partial charge in [-0.2, -0.15) is 0 Å². The number of thioether (sulfide) groups is 1. The van der Waals surface area contributed by atoms with Crippen LogP contribution in [0.15, 0.2) is 53.4 Å². The second kappa shape index (κ2) is 8.73. The third kappa shape index (κ3) is 5.00. The van der Waals surface area contributed by atoms with E-state index < -0.39 is 0 Å². The molecule has 1 aliphatic heterocycles. The number of thiocarbonyl (C=S) groups is 1. The van der Waals surface area contributed by atoms with Crippen molar-refractivity contribution in [1.29, 1.82) is 0 Å². The van der Waals surface area contributed by atoms with Crippen molar-refractivity contribution in [2.75, 3.05) is 20.3 Å². The van der Waals surface area contributed by atoms with Crippen LogP contribution in [0.4, 0.5) is 0 Å². The van der Waals surface area contributed by atoms with Crippen molar-refractivity contribution >= 4 is 40.3 Å². The standard InChI is InChI=1S/C19H17NO4S2/c1-22-14-6-8-16(9-7-14)24-11-10-23-15-4-2-13(3-5-15)12-17-18(21)20-19(25)26-17/h2-9,12H,10-11H2,1H3,(H,20,21,25)/b17-12+. The predicted octanol–water partition coefficient (Wildman–Crippen LogP) is 3.64. The van der Waals surface area contributed by atoms with Gasteiger partial charge in [-0.15, -0.1) is 0 Å². The van der Waals surface area contributed by atoms with Gasteiger partial charge in [0.2, 0.25) is 0 Å². The van der Waals surface area contributed by atoms with E-state index in [9.17, 15) is 4.79 Å². The number of amides is 1. The molecule has 1 aliphatic rings. The monoisotopic (exact) mass is 387 g/mol. The molecule has 0 radical (unpaired) electrons. The van der Waals surface area contributed by atoms with Gasteiger partial charge < -0.3 is 19.5 Å². The van der Waals surface area contributed by atoms with E-state index in [4.69, 9.17) is 26.4 Å². The Kier molecular flexibility index (Phi) is 6.14. The third-order valence-electron chi connectivity index (χ3n) is 3.50. The van der Waals surface area contributed by atoms with E-state index in [1.54, 1.807) is 13.2 Å². The van der Waals surface area contributed by atoms with Gasteiger partial charge >= 0.3 is 0 Å². The van der Waals surface area contributed by atoms with Gasteiger partial charge in [0.15, 0.2) is 0 Å². The largest absolute Gasteiger partial charge is 0.497 e. The highest BCUT2D eigenvalue weighted by molar-refractivity contribution is 8.26. The smallest absolute Gasteiger partial charge is 0.263 e. The molecule has 1 amide bonds. The van der Waals surface area contributed by atoms with Crippen LogP contribution in [0.2, 0.25) is 0 Å². The van der Waals surface area contributed by atoms with Crippen molar-refractivity contribution in [2.24, 2.45) is 0 Å². The Labute approximate surface area is 161 Å². The normalized spacial score (nSPS) is 15.0. The van der Waals surface area contributed by atoms with Gasteiger partial charge in [-0.25, -0.2) is 0 Å². The maximum absolute atomic E-state index is 11.6. The molecular formula is C19H17NO4S2. The molecule has 1 N–H and O–H groups in total. The van der Waals surface area contributed by atoms with E-state index in [0.717, 1.165) is 22.8 Å². The van der Waals surface area contributed by atoms with Crippen LogP contribution >= 0.6 is 24.0 Å². The molecule has 0 aliphatic carbocycles. The number of hydrogen-bond donors (Lipinski definition) is 1. The zero-order chi connectivity index (χ0) is 18.4. The molecule has 2 aromatic carbocycles. The molecule has 0 aromatic heterocycles. The molecule has 3 rings (SSSR count). The summed E-state index contributed by atoms with van der Waals surface area (Å²) in [7, 11) is 1.63. The Morgan fingerprint density at radius 3 is 2.00 bits per heavy atom. The van der Waals surface area contributed by atoms with Crippen molar-refractivity contribution in [2.45, 2.75) is 0 Å². The van der Waals surface area contributed by atoms with Crippen LogP contribution in [-0.4, -0.2) is 30.6 Å². The molecule has 2 aromatic rings. The number of benzene rings is 2. The molecule has 0 spiro atoms. The third-order valence-corrected chi connectivity index (χ3v) is 4.66. The molecule has 134 valence electrons. The zero-order valence-electron chi connectivity index (χ0n) is 14.1. The maximum atomic E-state index is 11.6. The fraction of sp³-hybridized carbons (Fsp3) is 0.158. The molecular weight excluding hydrogens is 370 g/mol. The minimum atomic E-state index is -0.156. The molecule has 0 atom stereocenters. The number of methoxy groups -OCH3 is 1. The Morgan fingerprint density at radius 2 is 1.50 bits per heavy atom. The quantitative estimate of drug-likeness (QED) is 0.445. The topological polar surface area (TPSA) is 56.8 Å².